The van der Waals surface area contributed by atoms with E-state index in [1.54, 1.807) is 12.1 Å². The molecule has 0 saturated heterocycles. The van der Waals surface area contributed by atoms with Gasteiger partial charge in [-0.05, 0) is 36.8 Å². The van der Waals surface area contributed by atoms with E-state index >= 15 is 0 Å². The van der Waals surface area contributed by atoms with Crippen LogP contribution in [0.5, 0.6) is 6.01 Å². The number of nitrogens with one attached hydrogen (secondary N) is 2. The smallest absolute Gasteiger partial charge is 0.318 e. The topological polar surface area (TPSA) is 59.1 Å². The summed E-state index contributed by atoms with van der Waals surface area (Å²) in [6, 6.07) is 13.8. The molecule has 5 nitrogen and oxygen atoms in total. The lowest BCUT2D eigenvalue weighted by Crippen LogP contribution is -2.21. The molecule has 3 rings (SSSR count). The summed E-state index contributed by atoms with van der Waals surface area (Å²) in [6.45, 7) is 2.23. The molecule has 0 aliphatic rings. The highest BCUT2D eigenvalue weighted by Crippen LogP contribution is 2.17. The van der Waals surface area contributed by atoms with Crippen molar-refractivity contribution in [2.75, 3.05) is 10.6 Å². The number of hydrogen-bond acceptors (Lipinski definition) is 4. The van der Waals surface area contributed by atoms with Crippen LogP contribution in [-0.2, 0) is 6.61 Å². The largest absolute Gasteiger partial charge is 0.459 e. The number of ether oxygens (including phenoxy) is 1. The van der Waals surface area contributed by atoms with E-state index in [-0.39, 0.29) is 29.2 Å². The third-order valence-electron chi connectivity index (χ3n) is 3.56. The van der Waals surface area contributed by atoms with Gasteiger partial charge in [-0.25, -0.2) is 13.8 Å². The quantitative estimate of drug-likeness (QED) is 0.632. The van der Waals surface area contributed by atoms with E-state index in [1.807, 2.05) is 31.2 Å². The highest BCUT2D eigenvalue weighted by atomic mass is 32.1. The summed E-state index contributed by atoms with van der Waals surface area (Å²) in [7, 11) is 0. The van der Waals surface area contributed by atoms with E-state index in [0.29, 0.717) is 0 Å². The molecule has 0 fully saturated rings. The fourth-order valence-electron chi connectivity index (χ4n) is 2.16. The van der Waals surface area contributed by atoms with Gasteiger partial charge in [0, 0.05) is 0 Å². The van der Waals surface area contributed by atoms with Crippen molar-refractivity contribution in [2.45, 2.75) is 13.5 Å². The summed E-state index contributed by atoms with van der Waals surface area (Å²) in [5, 5.41) is 5.21. The van der Waals surface area contributed by atoms with Gasteiger partial charge in [0.15, 0.2) is 16.7 Å². The van der Waals surface area contributed by atoms with E-state index < -0.39 is 11.6 Å². The Labute approximate surface area is 160 Å². The van der Waals surface area contributed by atoms with E-state index in [1.165, 1.54) is 12.1 Å². The summed E-state index contributed by atoms with van der Waals surface area (Å²) in [6.07, 6.45) is 0.978. The third kappa shape index (κ3) is 5.18. The molecule has 0 saturated carbocycles. The van der Waals surface area contributed by atoms with Gasteiger partial charge in [0.05, 0.1) is 11.9 Å². The lowest BCUT2D eigenvalue weighted by Gasteiger charge is -2.12. The Morgan fingerprint density at radius 2 is 1.78 bits per heavy atom. The van der Waals surface area contributed by atoms with Crippen LogP contribution in [0.1, 0.15) is 11.1 Å². The Kier molecular flexibility index (Phi) is 5.87. The van der Waals surface area contributed by atoms with Gasteiger partial charge >= 0.3 is 6.01 Å². The van der Waals surface area contributed by atoms with Crippen molar-refractivity contribution >= 4 is 28.8 Å². The van der Waals surface area contributed by atoms with E-state index in [2.05, 4.69) is 20.6 Å². The number of aryl methyl sites for hydroxylation is 1. The number of nitrogens with zero attached hydrogens (tertiary/aromatic N) is 2. The average molecular weight is 386 g/mol. The molecule has 0 spiro atoms. The molecule has 0 aliphatic heterocycles. The standard InChI is InChI=1S/C19H16F2N4OS/c1-12-6-8-13(9-7-12)11-26-18-22-10-15(21)17(24-18)25-19(27)23-16-5-3-2-4-14(16)20/h2-10H,11H2,1H3,(H2,22,23,24,25,27). The molecule has 1 heterocycles. The maximum absolute atomic E-state index is 14.0. The number of aromatic nitrogens is 2. The van der Waals surface area contributed by atoms with Crippen molar-refractivity contribution < 1.29 is 13.5 Å². The van der Waals surface area contributed by atoms with Crippen LogP contribution >= 0.6 is 12.2 Å². The Morgan fingerprint density at radius 3 is 2.52 bits per heavy atom. The number of benzene rings is 2. The molecule has 138 valence electrons. The van der Waals surface area contributed by atoms with Crippen LogP contribution in [0.15, 0.2) is 54.7 Å². The third-order valence-corrected chi connectivity index (χ3v) is 3.77. The van der Waals surface area contributed by atoms with E-state index in [0.717, 1.165) is 17.3 Å². The number of anilines is 2. The minimum Gasteiger partial charge on any atom is -0.459 e. The van der Waals surface area contributed by atoms with Crippen LogP contribution in [0.4, 0.5) is 20.3 Å². The van der Waals surface area contributed by atoms with Crippen LogP contribution in [0.25, 0.3) is 0 Å². The summed E-state index contributed by atoms with van der Waals surface area (Å²) in [5.41, 5.74) is 2.24. The molecule has 0 atom stereocenters. The second kappa shape index (κ2) is 8.50. The fraction of sp³-hybridized carbons (Fsp3) is 0.105. The maximum atomic E-state index is 14.0. The summed E-state index contributed by atoms with van der Waals surface area (Å²) in [5.74, 6) is -1.36. The monoisotopic (exact) mass is 386 g/mol. The molecule has 2 aromatic carbocycles. The van der Waals surface area contributed by atoms with Gasteiger partial charge in [0.1, 0.15) is 12.4 Å². The maximum Gasteiger partial charge on any atom is 0.318 e. The van der Waals surface area contributed by atoms with E-state index in [9.17, 15) is 8.78 Å². The lowest BCUT2D eigenvalue weighted by atomic mass is 10.2. The average Bonchev–Trinajstić information content (AvgIpc) is 2.65. The van der Waals surface area contributed by atoms with Crippen LogP contribution in [-0.4, -0.2) is 15.1 Å². The normalized spacial score (nSPS) is 10.3. The molecule has 8 heteroatoms. The number of rotatable bonds is 5. The number of thiocarbonyl (C=S) groups is 1. The zero-order chi connectivity index (χ0) is 19.2. The van der Waals surface area contributed by atoms with Crippen LogP contribution < -0.4 is 15.4 Å². The van der Waals surface area contributed by atoms with Gasteiger partial charge in [-0.3, -0.25) is 0 Å². The first-order valence-electron chi connectivity index (χ1n) is 8.04. The van der Waals surface area contributed by atoms with Gasteiger partial charge in [-0.1, -0.05) is 42.0 Å². The Hall–Kier alpha value is -3.13. The Balaban J connectivity index is 1.65. The molecule has 2 N–H and O–H groups in total. The SMILES string of the molecule is Cc1ccc(COc2ncc(F)c(NC(=S)Nc3ccccc3F)n2)cc1. The molecular formula is C19H16F2N4OS. The minimum atomic E-state index is -0.713. The van der Waals surface area contributed by atoms with Gasteiger partial charge < -0.3 is 15.4 Å². The van der Waals surface area contributed by atoms with Gasteiger partial charge in [0.25, 0.3) is 0 Å². The summed E-state index contributed by atoms with van der Waals surface area (Å²) in [4.78, 5) is 7.77. The first-order chi connectivity index (χ1) is 13.0. The second-order valence-electron chi connectivity index (χ2n) is 5.68. The van der Waals surface area contributed by atoms with Crippen molar-refractivity contribution in [3.8, 4) is 6.01 Å². The van der Waals surface area contributed by atoms with E-state index in [4.69, 9.17) is 17.0 Å². The predicted molar refractivity (Wildman–Crippen MR) is 104 cm³/mol. The molecular weight excluding hydrogens is 370 g/mol. The van der Waals surface area contributed by atoms with Crippen molar-refractivity contribution in [3.05, 3.63) is 77.5 Å². The van der Waals surface area contributed by atoms with Gasteiger partial charge in [-0.15, -0.1) is 0 Å². The van der Waals surface area contributed by atoms with Crippen LogP contribution in [0.3, 0.4) is 0 Å². The molecule has 0 aliphatic carbocycles. The first-order valence-corrected chi connectivity index (χ1v) is 8.45. The predicted octanol–water partition coefficient (Wildman–Crippen LogP) is 4.45. The molecule has 1 aromatic heterocycles. The van der Waals surface area contributed by atoms with Crippen molar-refractivity contribution in [1.29, 1.82) is 0 Å². The molecule has 0 unspecified atom stereocenters. The van der Waals surface area contributed by atoms with Crippen molar-refractivity contribution in [1.82, 2.24) is 9.97 Å². The van der Waals surface area contributed by atoms with Crippen LogP contribution in [0.2, 0.25) is 0 Å². The van der Waals surface area contributed by atoms with Crippen LogP contribution in [0, 0.1) is 18.6 Å². The molecule has 0 radical (unpaired) electrons. The molecule has 0 amide bonds. The first kappa shape index (κ1) is 18.7. The zero-order valence-corrected chi connectivity index (χ0v) is 15.2. The van der Waals surface area contributed by atoms with Gasteiger partial charge in [0.2, 0.25) is 0 Å². The van der Waals surface area contributed by atoms with Crippen molar-refractivity contribution in [2.24, 2.45) is 0 Å². The Bertz CT molecular complexity index is 951. The molecule has 0 bridgehead atoms. The lowest BCUT2D eigenvalue weighted by molar-refractivity contribution is 0.280. The molecule has 3 aromatic rings. The minimum absolute atomic E-state index is 0.00633. The summed E-state index contributed by atoms with van der Waals surface area (Å²) >= 11 is 5.08. The Morgan fingerprint density at radius 1 is 1.04 bits per heavy atom. The highest BCUT2D eigenvalue weighted by molar-refractivity contribution is 7.80. The highest BCUT2D eigenvalue weighted by Gasteiger charge is 2.11. The van der Waals surface area contributed by atoms with Crippen molar-refractivity contribution in [3.63, 3.8) is 0 Å². The second-order valence-corrected chi connectivity index (χ2v) is 6.09. The molecule has 27 heavy (non-hydrogen) atoms. The number of halogens is 2. The number of hydrogen-bond donors (Lipinski definition) is 2. The number of para-hydroxylation sites is 1. The van der Waals surface area contributed by atoms with Gasteiger partial charge in [-0.2, -0.15) is 4.98 Å². The summed E-state index contributed by atoms with van der Waals surface area (Å²) < 4.78 is 33.1. The zero-order valence-electron chi connectivity index (χ0n) is 14.4. The fourth-order valence-corrected chi connectivity index (χ4v) is 2.37.